The predicted octanol–water partition coefficient (Wildman–Crippen LogP) is -1.23. The van der Waals surface area contributed by atoms with Gasteiger partial charge in [-0.1, -0.05) is 18.2 Å². The number of nitrogens with zero attached hydrogens (tertiary/aromatic N) is 3. The van der Waals surface area contributed by atoms with E-state index in [9.17, 15) is 19.2 Å². The zero-order valence-electron chi connectivity index (χ0n) is 18.7. The van der Waals surface area contributed by atoms with Crippen LogP contribution >= 0.6 is 0 Å². The summed E-state index contributed by atoms with van der Waals surface area (Å²) >= 11 is 0. The Balaban J connectivity index is 1.58. The number of hydrogen-bond donors (Lipinski definition) is 3. The molecule has 1 aromatic heterocycles. The molecule has 1 unspecified atom stereocenters. The Bertz CT molecular complexity index is 1300. The third kappa shape index (κ3) is 3.50. The maximum Gasteiger partial charge on any atom is 0.348 e. The van der Waals surface area contributed by atoms with Crippen molar-refractivity contribution in [3.8, 4) is 11.5 Å². The normalized spacial score (nSPS) is 20.7. The maximum absolute atomic E-state index is 13.6. The second-order valence-electron chi connectivity index (χ2n) is 8.79. The zero-order valence-corrected chi connectivity index (χ0v) is 18.7. The van der Waals surface area contributed by atoms with Crippen molar-refractivity contribution >= 4 is 11.8 Å². The fourth-order valence-electron chi connectivity index (χ4n) is 4.73. The fraction of sp³-hybridized carbons (Fsp3) is 0.455. The number of rotatable bonds is 5. The minimum Gasteiger partial charge on any atom is -0.454 e. The molecule has 1 aromatic carbocycles. The first-order valence-corrected chi connectivity index (χ1v) is 11.1. The number of ether oxygens (including phenoxy) is 2. The summed E-state index contributed by atoms with van der Waals surface area (Å²) in [6.07, 6.45) is 4.63. The Kier molecular flexibility index (Phi) is 5.31. The highest BCUT2D eigenvalue weighted by molar-refractivity contribution is 5.88. The highest BCUT2D eigenvalue weighted by Crippen LogP contribution is 2.34. The minimum atomic E-state index is -1.10. The molecule has 0 saturated carbocycles. The van der Waals surface area contributed by atoms with Crippen LogP contribution in [0.25, 0.3) is 0 Å². The summed E-state index contributed by atoms with van der Waals surface area (Å²) in [4.78, 5) is 51.7. The molecule has 12 nitrogen and oxygen atoms in total. The van der Waals surface area contributed by atoms with Gasteiger partial charge < -0.3 is 25.8 Å². The number of hydrogen-bond acceptors (Lipinski definition) is 7. The van der Waals surface area contributed by atoms with E-state index in [4.69, 9.17) is 15.2 Å². The second kappa shape index (κ2) is 8.20. The van der Waals surface area contributed by atoms with Crippen LogP contribution in [0.4, 0.5) is 0 Å². The van der Waals surface area contributed by atoms with Gasteiger partial charge in [0.25, 0.3) is 0 Å². The monoisotopic (exact) mass is 470 g/mol. The quantitative estimate of drug-likeness (QED) is 0.463. The van der Waals surface area contributed by atoms with Crippen LogP contribution in [0.1, 0.15) is 31.4 Å². The molecular weight excluding hydrogens is 444 g/mol. The van der Waals surface area contributed by atoms with Crippen LogP contribution < -0.4 is 37.2 Å². The van der Waals surface area contributed by atoms with Gasteiger partial charge in [-0.15, -0.1) is 0 Å². The van der Waals surface area contributed by atoms with E-state index >= 15 is 0 Å². The van der Waals surface area contributed by atoms with Crippen LogP contribution in [0.3, 0.4) is 0 Å². The molecule has 5 rings (SSSR count). The lowest BCUT2D eigenvalue weighted by Gasteiger charge is -2.40. The molecule has 1 saturated heterocycles. The fourth-order valence-corrected chi connectivity index (χ4v) is 4.73. The van der Waals surface area contributed by atoms with Crippen molar-refractivity contribution in [3.63, 3.8) is 0 Å². The van der Waals surface area contributed by atoms with Crippen LogP contribution in [-0.2, 0) is 21.7 Å². The predicted molar refractivity (Wildman–Crippen MR) is 120 cm³/mol. The SMILES string of the molecule is C[C@@H](NC(=O)C1C=CC2(CCNCC2)n2c(=O)n(Cc3ccc4c(c3)OCO4)c(=O)n21)C(N)=O. The lowest BCUT2D eigenvalue weighted by Crippen LogP contribution is -2.54. The van der Waals surface area contributed by atoms with Crippen LogP contribution in [0.2, 0.25) is 0 Å². The summed E-state index contributed by atoms with van der Waals surface area (Å²) < 4.78 is 14.5. The number of primary amides is 1. The number of aromatic nitrogens is 3. The first-order chi connectivity index (χ1) is 16.3. The minimum absolute atomic E-state index is 0.00165. The number of carbonyl (C=O) groups is 2. The van der Waals surface area contributed by atoms with E-state index in [0.29, 0.717) is 43.0 Å². The lowest BCUT2D eigenvalue weighted by molar-refractivity contribution is -0.128. The van der Waals surface area contributed by atoms with Gasteiger partial charge in [0.2, 0.25) is 18.6 Å². The van der Waals surface area contributed by atoms with Gasteiger partial charge in [0, 0.05) is 0 Å². The molecule has 2 amide bonds. The summed E-state index contributed by atoms with van der Waals surface area (Å²) in [5, 5.41) is 5.79. The standard InChI is InChI=1S/C22H26N6O6/c1-13(18(23)29)25-19(30)15-4-5-22(6-8-24-9-7-22)28-21(32)26(20(31)27(15)28)11-14-2-3-16-17(10-14)34-12-33-16/h2-5,10,13,15,24H,6-9,11-12H2,1H3,(H2,23,29)(H,25,30)/t13-,15?/m1/s1. The topological polar surface area (TPSA) is 152 Å². The maximum atomic E-state index is 13.6. The number of piperidine rings is 1. The van der Waals surface area contributed by atoms with Gasteiger partial charge in [0.05, 0.1) is 12.1 Å². The third-order valence-corrected chi connectivity index (χ3v) is 6.63. The van der Waals surface area contributed by atoms with E-state index in [1.54, 1.807) is 24.3 Å². The van der Waals surface area contributed by atoms with Crippen molar-refractivity contribution in [3.05, 3.63) is 56.9 Å². The zero-order chi connectivity index (χ0) is 24.0. The summed E-state index contributed by atoms with van der Waals surface area (Å²) in [6.45, 7) is 2.90. The molecule has 3 aliphatic heterocycles. The second-order valence-corrected chi connectivity index (χ2v) is 8.79. The van der Waals surface area contributed by atoms with Crippen LogP contribution in [0.15, 0.2) is 39.9 Å². The molecule has 34 heavy (non-hydrogen) atoms. The number of allylic oxidation sites excluding steroid dienone is 1. The van der Waals surface area contributed by atoms with E-state index in [2.05, 4.69) is 10.6 Å². The Morgan fingerprint density at radius 3 is 2.68 bits per heavy atom. The molecular formula is C22H26N6O6. The summed E-state index contributed by atoms with van der Waals surface area (Å²) in [7, 11) is 0. The van der Waals surface area contributed by atoms with Gasteiger partial charge in [0.15, 0.2) is 17.5 Å². The number of nitrogens with one attached hydrogen (secondary N) is 2. The van der Waals surface area contributed by atoms with Crippen molar-refractivity contribution in [2.45, 2.75) is 43.9 Å². The molecule has 2 atom stereocenters. The molecule has 12 heteroatoms. The largest absolute Gasteiger partial charge is 0.454 e. The molecule has 0 bridgehead atoms. The van der Waals surface area contributed by atoms with Crippen molar-refractivity contribution in [2.24, 2.45) is 5.73 Å². The average molecular weight is 470 g/mol. The number of benzene rings is 1. The summed E-state index contributed by atoms with van der Waals surface area (Å²) in [6, 6.07) is 3.20. The summed E-state index contributed by atoms with van der Waals surface area (Å²) in [5.74, 6) is -0.151. The molecule has 180 valence electrons. The molecule has 4 heterocycles. The van der Waals surface area contributed by atoms with Crippen molar-refractivity contribution in [2.75, 3.05) is 19.9 Å². The lowest BCUT2D eigenvalue weighted by atomic mass is 9.86. The molecule has 4 N–H and O–H groups in total. The average Bonchev–Trinajstić information content (AvgIpc) is 3.38. The van der Waals surface area contributed by atoms with Gasteiger partial charge in [0.1, 0.15) is 6.04 Å². The molecule has 3 aliphatic rings. The molecule has 2 aromatic rings. The first-order valence-electron chi connectivity index (χ1n) is 11.1. The number of fused-ring (bicyclic) bond motifs is 3. The van der Waals surface area contributed by atoms with E-state index in [-0.39, 0.29) is 13.3 Å². The van der Waals surface area contributed by atoms with Gasteiger partial charge in [-0.2, -0.15) is 0 Å². The molecule has 0 aliphatic carbocycles. The Hall–Kier alpha value is -3.80. The molecule has 1 fully saturated rings. The van der Waals surface area contributed by atoms with Crippen LogP contribution in [-0.4, -0.2) is 51.7 Å². The first kappa shape index (κ1) is 22.0. The van der Waals surface area contributed by atoms with Crippen molar-refractivity contribution in [1.29, 1.82) is 0 Å². The van der Waals surface area contributed by atoms with Gasteiger partial charge in [-0.05, 0) is 50.6 Å². The number of nitrogens with two attached hydrogens (primary N) is 1. The molecule has 0 radical (unpaired) electrons. The van der Waals surface area contributed by atoms with Crippen molar-refractivity contribution in [1.82, 2.24) is 24.6 Å². The highest BCUT2D eigenvalue weighted by Gasteiger charge is 2.42. The van der Waals surface area contributed by atoms with Gasteiger partial charge in [-0.3, -0.25) is 9.59 Å². The third-order valence-electron chi connectivity index (χ3n) is 6.63. The van der Waals surface area contributed by atoms with Crippen molar-refractivity contribution < 1.29 is 19.1 Å². The van der Waals surface area contributed by atoms with Gasteiger partial charge in [-0.25, -0.2) is 23.5 Å². The Morgan fingerprint density at radius 1 is 1.21 bits per heavy atom. The van der Waals surface area contributed by atoms with Gasteiger partial charge >= 0.3 is 11.4 Å². The number of carbonyl (C=O) groups excluding carboxylic acids is 2. The number of amides is 2. The van der Waals surface area contributed by atoms with E-state index in [1.165, 1.54) is 16.3 Å². The van der Waals surface area contributed by atoms with Crippen LogP contribution in [0, 0.1) is 0 Å². The summed E-state index contributed by atoms with van der Waals surface area (Å²) in [5.41, 5.74) is 4.11. The van der Waals surface area contributed by atoms with E-state index in [0.717, 1.165) is 4.57 Å². The smallest absolute Gasteiger partial charge is 0.348 e. The highest BCUT2D eigenvalue weighted by atomic mass is 16.7. The Morgan fingerprint density at radius 2 is 1.94 bits per heavy atom. The Labute approximate surface area is 193 Å². The van der Waals surface area contributed by atoms with E-state index < -0.39 is 40.8 Å². The molecule has 1 spiro atoms. The van der Waals surface area contributed by atoms with E-state index in [1.807, 2.05) is 6.08 Å². The van der Waals surface area contributed by atoms with Crippen LogP contribution in [0.5, 0.6) is 11.5 Å².